The highest BCUT2D eigenvalue weighted by Gasteiger charge is 2.24. The van der Waals surface area contributed by atoms with Crippen molar-refractivity contribution in [1.29, 1.82) is 0 Å². The molecule has 4 N–H and O–H groups in total. The van der Waals surface area contributed by atoms with Crippen LogP contribution in [0.25, 0.3) is 0 Å². The van der Waals surface area contributed by atoms with Gasteiger partial charge in [-0.1, -0.05) is 19.8 Å². The van der Waals surface area contributed by atoms with Crippen molar-refractivity contribution >= 4 is 17.9 Å². The normalized spacial score (nSPS) is 12.0. The van der Waals surface area contributed by atoms with Crippen molar-refractivity contribution < 1.29 is 19.5 Å². The molecule has 0 aliphatic carbocycles. The summed E-state index contributed by atoms with van der Waals surface area (Å²) in [5, 5.41) is 11.4. The molecule has 0 rings (SSSR count). The number of hydrogen-bond donors (Lipinski definition) is 3. The smallest absolute Gasteiger partial charge is 0.326 e. The number of carboxylic acid groups (broad SMARTS) is 1. The lowest BCUT2D eigenvalue weighted by molar-refractivity contribution is -0.139. The van der Waals surface area contributed by atoms with Crippen molar-refractivity contribution in [2.24, 2.45) is 5.73 Å². The number of carbonyl (C=O) groups is 3. The van der Waals surface area contributed by atoms with Gasteiger partial charge in [-0.15, -0.1) is 0 Å². The first-order valence-corrected chi connectivity index (χ1v) is 6.37. The number of unbranched alkanes of at least 4 members (excludes halogenated alkanes) is 1. The maximum absolute atomic E-state index is 11.9. The van der Waals surface area contributed by atoms with Crippen LogP contribution < -0.4 is 11.1 Å². The Kier molecular flexibility index (Phi) is 7.55. The Morgan fingerprint density at radius 2 is 1.89 bits per heavy atom. The van der Waals surface area contributed by atoms with Gasteiger partial charge in [-0.25, -0.2) is 9.59 Å². The lowest BCUT2D eigenvalue weighted by atomic mass is 10.1. The van der Waals surface area contributed by atoms with Gasteiger partial charge in [0, 0.05) is 6.04 Å². The monoisotopic (exact) mass is 273 g/mol. The fraction of sp³-hybridized carbons (Fsp3) is 0.750. The number of nitrogens with zero attached hydrogens (tertiary/aromatic N) is 1. The van der Waals surface area contributed by atoms with Crippen molar-refractivity contribution in [1.82, 2.24) is 10.2 Å². The van der Waals surface area contributed by atoms with Crippen LogP contribution in [0.15, 0.2) is 0 Å². The minimum atomic E-state index is -1.08. The average molecular weight is 273 g/mol. The van der Waals surface area contributed by atoms with Crippen LogP contribution in [-0.2, 0) is 9.59 Å². The molecule has 1 unspecified atom stereocenters. The summed E-state index contributed by atoms with van der Waals surface area (Å²) >= 11 is 0. The van der Waals surface area contributed by atoms with Gasteiger partial charge in [-0.3, -0.25) is 4.79 Å². The van der Waals surface area contributed by atoms with E-state index in [0.717, 1.165) is 6.42 Å². The SMILES string of the molecule is CCCCC(NC(=O)N(CC(N)=O)C(C)C)C(=O)O. The van der Waals surface area contributed by atoms with E-state index in [9.17, 15) is 14.4 Å². The van der Waals surface area contributed by atoms with E-state index in [1.54, 1.807) is 13.8 Å². The molecule has 110 valence electrons. The van der Waals surface area contributed by atoms with Crippen LogP contribution in [0.5, 0.6) is 0 Å². The van der Waals surface area contributed by atoms with E-state index in [1.165, 1.54) is 4.90 Å². The summed E-state index contributed by atoms with van der Waals surface area (Å²) < 4.78 is 0. The van der Waals surface area contributed by atoms with E-state index in [4.69, 9.17) is 10.8 Å². The highest BCUT2D eigenvalue weighted by Crippen LogP contribution is 2.04. The molecule has 0 bridgehead atoms. The standard InChI is InChI=1S/C12H23N3O4/c1-4-5-6-9(11(17)18)14-12(19)15(8(2)3)7-10(13)16/h8-9H,4-7H2,1-3H3,(H2,13,16)(H,14,19)(H,17,18). The molecule has 0 radical (unpaired) electrons. The first-order chi connectivity index (χ1) is 8.79. The van der Waals surface area contributed by atoms with Crippen LogP contribution >= 0.6 is 0 Å². The summed E-state index contributed by atoms with van der Waals surface area (Å²) in [7, 11) is 0. The molecular weight excluding hydrogens is 250 g/mol. The number of rotatable bonds is 8. The molecule has 1 atom stereocenters. The van der Waals surface area contributed by atoms with E-state index >= 15 is 0 Å². The lowest BCUT2D eigenvalue weighted by Crippen LogP contribution is -2.52. The Morgan fingerprint density at radius 3 is 2.26 bits per heavy atom. The van der Waals surface area contributed by atoms with E-state index in [1.807, 2.05) is 6.92 Å². The third-order valence-corrected chi connectivity index (χ3v) is 2.65. The Labute approximate surface area is 113 Å². The van der Waals surface area contributed by atoms with Crippen molar-refractivity contribution in [2.45, 2.75) is 52.1 Å². The van der Waals surface area contributed by atoms with E-state index < -0.39 is 23.9 Å². The number of amides is 3. The number of primary amides is 1. The molecule has 0 aromatic carbocycles. The third kappa shape index (κ3) is 6.64. The molecule has 19 heavy (non-hydrogen) atoms. The number of nitrogens with two attached hydrogens (primary N) is 1. The lowest BCUT2D eigenvalue weighted by Gasteiger charge is -2.27. The quantitative estimate of drug-likeness (QED) is 0.598. The summed E-state index contributed by atoms with van der Waals surface area (Å²) in [4.78, 5) is 35.1. The predicted octanol–water partition coefficient (Wildman–Crippen LogP) is 0.535. The number of urea groups is 1. The van der Waals surface area contributed by atoms with Crippen LogP contribution in [0.2, 0.25) is 0 Å². The molecular formula is C12H23N3O4. The highest BCUT2D eigenvalue weighted by atomic mass is 16.4. The van der Waals surface area contributed by atoms with Crippen molar-refractivity contribution in [3.8, 4) is 0 Å². The Morgan fingerprint density at radius 1 is 1.32 bits per heavy atom. The number of carboxylic acids is 1. The minimum Gasteiger partial charge on any atom is -0.480 e. The van der Waals surface area contributed by atoms with Crippen molar-refractivity contribution in [3.63, 3.8) is 0 Å². The van der Waals surface area contributed by atoms with Gasteiger partial charge in [0.25, 0.3) is 0 Å². The van der Waals surface area contributed by atoms with Gasteiger partial charge in [0.15, 0.2) is 0 Å². The van der Waals surface area contributed by atoms with Gasteiger partial charge in [0.1, 0.15) is 12.6 Å². The number of aliphatic carboxylic acids is 1. The van der Waals surface area contributed by atoms with Crippen molar-refractivity contribution in [3.05, 3.63) is 0 Å². The molecule has 0 aromatic rings. The van der Waals surface area contributed by atoms with Gasteiger partial charge in [-0.05, 0) is 20.3 Å². The van der Waals surface area contributed by atoms with Gasteiger partial charge in [0.2, 0.25) is 5.91 Å². The summed E-state index contributed by atoms with van der Waals surface area (Å²) in [6.07, 6.45) is 1.91. The zero-order chi connectivity index (χ0) is 15.0. The summed E-state index contributed by atoms with van der Waals surface area (Å²) in [6.45, 7) is 5.16. The number of hydrogen-bond acceptors (Lipinski definition) is 3. The van der Waals surface area contributed by atoms with Gasteiger partial charge < -0.3 is 21.1 Å². The molecule has 0 saturated heterocycles. The Hall–Kier alpha value is -1.79. The molecule has 3 amide bonds. The largest absolute Gasteiger partial charge is 0.480 e. The van der Waals surface area contributed by atoms with E-state index in [0.29, 0.717) is 12.8 Å². The minimum absolute atomic E-state index is 0.233. The molecule has 0 fully saturated rings. The maximum atomic E-state index is 11.9. The van der Waals surface area contributed by atoms with E-state index in [2.05, 4.69) is 5.32 Å². The van der Waals surface area contributed by atoms with Crippen LogP contribution in [0.4, 0.5) is 4.79 Å². The number of carbonyl (C=O) groups excluding carboxylic acids is 2. The molecule has 0 saturated carbocycles. The zero-order valence-corrected chi connectivity index (χ0v) is 11.7. The fourth-order valence-corrected chi connectivity index (χ4v) is 1.55. The highest BCUT2D eigenvalue weighted by molar-refractivity contribution is 5.86. The van der Waals surface area contributed by atoms with Gasteiger partial charge >= 0.3 is 12.0 Å². The molecule has 0 aromatic heterocycles. The zero-order valence-electron chi connectivity index (χ0n) is 11.7. The third-order valence-electron chi connectivity index (χ3n) is 2.65. The Balaban J connectivity index is 4.65. The van der Waals surface area contributed by atoms with Gasteiger partial charge in [0.05, 0.1) is 0 Å². The fourth-order valence-electron chi connectivity index (χ4n) is 1.55. The maximum Gasteiger partial charge on any atom is 0.326 e. The van der Waals surface area contributed by atoms with Gasteiger partial charge in [-0.2, -0.15) is 0 Å². The molecule has 7 nitrogen and oxygen atoms in total. The second kappa shape index (κ2) is 8.34. The first-order valence-electron chi connectivity index (χ1n) is 6.37. The second-order valence-corrected chi connectivity index (χ2v) is 4.67. The summed E-state index contributed by atoms with van der Waals surface area (Å²) in [5.74, 6) is -1.71. The van der Waals surface area contributed by atoms with Crippen LogP contribution in [0, 0.1) is 0 Å². The number of nitrogens with one attached hydrogen (secondary N) is 1. The molecule has 0 aliphatic heterocycles. The second-order valence-electron chi connectivity index (χ2n) is 4.67. The molecule has 7 heteroatoms. The molecule has 0 aliphatic rings. The van der Waals surface area contributed by atoms with Crippen LogP contribution in [0.1, 0.15) is 40.0 Å². The molecule has 0 spiro atoms. The molecule has 0 heterocycles. The van der Waals surface area contributed by atoms with Crippen molar-refractivity contribution in [2.75, 3.05) is 6.54 Å². The summed E-state index contributed by atoms with van der Waals surface area (Å²) in [6, 6.07) is -1.77. The summed E-state index contributed by atoms with van der Waals surface area (Å²) in [5.41, 5.74) is 5.06. The Bertz CT molecular complexity index is 331. The predicted molar refractivity (Wildman–Crippen MR) is 70.5 cm³/mol. The van der Waals surface area contributed by atoms with E-state index in [-0.39, 0.29) is 12.6 Å². The van der Waals surface area contributed by atoms with Crippen LogP contribution in [-0.4, -0.2) is 46.5 Å². The van der Waals surface area contributed by atoms with Crippen LogP contribution in [0.3, 0.4) is 0 Å². The average Bonchev–Trinajstić information content (AvgIpc) is 2.30. The first kappa shape index (κ1) is 17.2. The topological polar surface area (TPSA) is 113 Å².